The molecule has 1 N–H and O–H groups in total. The van der Waals surface area contributed by atoms with Crippen molar-refractivity contribution in [2.75, 3.05) is 5.32 Å². The number of benzene rings is 1. The van der Waals surface area contributed by atoms with Gasteiger partial charge in [0.15, 0.2) is 6.61 Å². The Morgan fingerprint density at radius 3 is 2.63 bits per heavy atom. The lowest BCUT2D eigenvalue weighted by atomic mass is 10.1. The largest absolute Gasteiger partial charge is 0.444 e. The van der Waals surface area contributed by atoms with Crippen LogP contribution in [0.25, 0.3) is 0 Å². The van der Waals surface area contributed by atoms with E-state index in [0.29, 0.717) is 23.8 Å². The van der Waals surface area contributed by atoms with E-state index in [1.165, 1.54) is 6.33 Å². The van der Waals surface area contributed by atoms with Crippen LogP contribution in [0.4, 0.5) is 10.6 Å². The van der Waals surface area contributed by atoms with Crippen molar-refractivity contribution in [3.8, 4) is 0 Å². The van der Waals surface area contributed by atoms with Crippen molar-refractivity contribution in [2.45, 2.75) is 39.5 Å². The Kier molecular flexibility index (Phi) is 6.68. The molecule has 0 saturated heterocycles. The standard InChI is InChI=1S/C20H23N7O3/c1-20(2,3)30-19(28)23-18-11-7-10-16(22-18)13-29-24-17(12-27-14-21-25-26-27)15-8-5-4-6-9-15/h4-11,14H,12-13H2,1-3H3,(H,22,23,28)/b24-17+. The molecule has 0 aliphatic rings. The van der Waals surface area contributed by atoms with Crippen LogP contribution in [0.2, 0.25) is 0 Å². The maximum Gasteiger partial charge on any atom is 0.413 e. The predicted molar refractivity (Wildman–Crippen MR) is 110 cm³/mol. The van der Waals surface area contributed by atoms with Crippen LogP contribution in [-0.2, 0) is 22.7 Å². The Morgan fingerprint density at radius 2 is 1.93 bits per heavy atom. The SMILES string of the molecule is CC(C)(C)OC(=O)Nc1cccc(CO/N=C(\Cn2cnnn2)c2ccccc2)n1. The Morgan fingerprint density at radius 1 is 1.13 bits per heavy atom. The molecule has 3 rings (SSSR count). The van der Waals surface area contributed by atoms with Gasteiger partial charge in [0.1, 0.15) is 23.5 Å². The van der Waals surface area contributed by atoms with Gasteiger partial charge in [0.2, 0.25) is 0 Å². The number of amides is 1. The van der Waals surface area contributed by atoms with Gasteiger partial charge >= 0.3 is 6.09 Å². The van der Waals surface area contributed by atoms with Crippen molar-refractivity contribution in [1.29, 1.82) is 0 Å². The molecule has 10 heteroatoms. The van der Waals surface area contributed by atoms with Crippen LogP contribution in [0.15, 0.2) is 60.0 Å². The molecule has 2 heterocycles. The van der Waals surface area contributed by atoms with Crippen LogP contribution in [0.3, 0.4) is 0 Å². The fourth-order valence-corrected chi connectivity index (χ4v) is 2.42. The van der Waals surface area contributed by atoms with E-state index in [0.717, 1.165) is 5.56 Å². The molecule has 0 spiro atoms. The molecule has 0 fully saturated rings. The molecule has 0 aliphatic heterocycles. The van der Waals surface area contributed by atoms with Crippen molar-refractivity contribution >= 4 is 17.6 Å². The van der Waals surface area contributed by atoms with Gasteiger partial charge in [-0.1, -0.05) is 41.6 Å². The van der Waals surface area contributed by atoms with Crippen LogP contribution < -0.4 is 5.32 Å². The highest BCUT2D eigenvalue weighted by Crippen LogP contribution is 2.11. The molecule has 0 aliphatic carbocycles. The molecule has 0 saturated carbocycles. The molecule has 2 aromatic heterocycles. The summed E-state index contributed by atoms with van der Waals surface area (Å²) in [5.74, 6) is 0.367. The number of nitrogens with one attached hydrogen (secondary N) is 1. The minimum absolute atomic E-state index is 0.121. The summed E-state index contributed by atoms with van der Waals surface area (Å²) in [7, 11) is 0. The summed E-state index contributed by atoms with van der Waals surface area (Å²) in [5, 5.41) is 18.0. The van der Waals surface area contributed by atoms with Gasteiger partial charge < -0.3 is 9.57 Å². The Bertz CT molecular complexity index is 983. The van der Waals surface area contributed by atoms with Crippen LogP contribution >= 0.6 is 0 Å². The van der Waals surface area contributed by atoms with E-state index in [2.05, 4.69) is 31.0 Å². The molecule has 1 amide bonds. The molecule has 30 heavy (non-hydrogen) atoms. The second-order valence-corrected chi connectivity index (χ2v) is 7.33. The topological polar surface area (TPSA) is 116 Å². The highest BCUT2D eigenvalue weighted by Gasteiger charge is 2.16. The maximum absolute atomic E-state index is 11.9. The van der Waals surface area contributed by atoms with E-state index in [9.17, 15) is 4.79 Å². The third-order valence-electron chi connectivity index (χ3n) is 3.63. The van der Waals surface area contributed by atoms with Gasteiger partial charge in [-0.15, -0.1) is 5.10 Å². The third kappa shape index (κ3) is 6.66. The second kappa shape index (κ2) is 9.59. The highest BCUT2D eigenvalue weighted by atomic mass is 16.6. The average molecular weight is 409 g/mol. The van der Waals surface area contributed by atoms with Gasteiger partial charge in [-0.25, -0.2) is 14.5 Å². The number of tetrazole rings is 1. The minimum atomic E-state index is -0.590. The lowest BCUT2D eigenvalue weighted by molar-refractivity contribution is 0.0635. The quantitative estimate of drug-likeness (QED) is 0.471. The van der Waals surface area contributed by atoms with E-state index < -0.39 is 11.7 Å². The smallest absolute Gasteiger partial charge is 0.413 e. The van der Waals surface area contributed by atoms with E-state index in [-0.39, 0.29) is 6.61 Å². The summed E-state index contributed by atoms with van der Waals surface area (Å²) < 4.78 is 6.79. The number of nitrogens with zero attached hydrogens (tertiary/aromatic N) is 6. The van der Waals surface area contributed by atoms with Crippen molar-refractivity contribution < 1.29 is 14.4 Å². The average Bonchev–Trinajstić information content (AvgIpc) is 3.20. The fourth-order valence-electron chi connectivity index (χ4n) is 2.42. The van der Waals surface area contributed by atoms with Gasteiger partial charge in [-0.2, -0.15) is 0 Å². The van der Waals surface area contributed by atoms with Crippen LogP contribution in [0.5, 0.6) is 0 Å². The van der Waals surface area contributed by atoms with Crippen molar-refractivity contribution in [3.05, 3.63) is 66.1 Å². The molecule has 0 radical (unpaired) electrons. The molecule has 0 atom stereocenters. The summed E-state index contributed by atoms with van der Waals surface area (Å²) in [6, 6.07) is 14.8. The normalized spacial score (nSPS) is 11.8. The van der Waals surface area contributed by atoms with Gasteiger partial charge in [0.05, 0.1) is 12.2 Å². The number of hydrogen-bond donors (Lipinski definition) is 1. The van der Waals surface area contributed by atoms with E-state index in [1.54, 1.807) is 43.7 Å². The van der Waals surface area contributed by atoms with Crippen LogP contribution in [0, 0.1) is 0 Å². The Labute approximate surface area is 173 Å². The van der Waals surface area contributed by atoms with Gasteiger partial charge in [0, 0.05) is 5.56 Å². The monoisotopic (exact) mass is 409 g/mol. The van der Waals surface area contributed by atoms with Crippen molar-refractivity contribution in [2.24, 2.45) is 5.16 Å². The Balaban J connectivity index is 1.65. The van der Waals surface area contributed by atoms with Gasteiger partial charge in [-0.3, -0.25) is 5.32 Å². The minimum Gasteiger partial charge on any atom is -0.444 e. The maximum atomic E-state index is 11.9. The number of carbonyl (C=O) groups excluding carboxylic acids is 1. The first-order valence-electron chi connectivity index (χ1n) is 9.30. The molecule has 10 nitrogen and oxygen atoms in total. The third-order valence-corrected chi connectivity index (χ3v) is 3.63. The molecule has 3 aromatic rings. The number of ether oxygens (including phenoxy) is 1. The number of aromatic nitrogens is 5. The zero-order chi connectivity index (χ0) is 21.4. The summed E-state index contributed by atoms with van der Waals surface area (Å²) in [6.07, 6.45) is 0.935. The first kappa shape index (κ1) is 20.9. The van der Waals surface area contributed by atoms with E-state index >= 15 is 0 Å². The number of oxime groups is 1. The zero-order valence-electron chi connectivity index (χ0n) is 17.0. The summed E-state index contributed by atoms with van der Waals surface area (Å²) in [5.41, 5.74) is 1.56. The van der Waals surface area contributed by atoms with Crippen molar-refractivity contribution in [1.82, 2.24) is 25.2 Å². The number of pyridine rings is 1. The molecular weight excluding hydrogens is 386 g/mol. The van der Waals surface area contributed by atoms with Crippen LogP contribution in [0.1, 0.15) is 32.0 Å². The van der Waals surface area contributed by atoms with E-state index in [4.69, 9.17) is 9.57 Å². The number of carbonyl (C=O) groups is 1. The first-order valence-corrected chi connectivity index (χ1v) is 9.30. The highest BCUT2D eigenvalue weighted by molar-refractivity contribution is 5.99. The summed E-state index contributed by atoms with van der Waals surface area (Å²) in [6.45, 7) is 5.85. The molecular formula is C20H23N7O3. The van der Waals surface area contributed by atoms with Gasteiger partial charge in [-0.05, 0) is 43.3 Å². The predicted octanol–water partition coefficient (Wildman–Crippen LogP) is 3.04. The van der Waals surface area contributed by atoms with Crippen molar-refractivity contribution in [3.63, 3.8) is 0 Å². The number of hydrogen-bond acceptors (Lipinski definition) is 8. The first-order chi connectivity index (χ1) is 14.4. The van der Waals surface area contributed by atoms with E-state index in [1.807, 2.05) is 30.3 Å². The lowest BCUT2D eigenvalue weighted by Crippen LogP contribution is -2.27. The fraction of sp³-hybridized carbons (Fsp3) is 0.300. The second-order valence-electron chi connectivity index (χ2n) is 7.33. The van der Waals surface area contributed by atoms with Crippen LogP contribution in [-0.4, -0.2) is 42.6 Å². The Hall–Kier alpha value is -3.82. The van der Waals surface area contributed by atoms with Gasteiger partial charge in [0.25, 0.3) is 0 Å². The molecule has 156 valence electrons. The zero-order valence-corrected chi connectivity index (χ0v) is 17.0. The molecule has 1 aromatic carbocycles. The summed E-state index contributed by atoms with van der Waals surface area (Å²) >= 11 is 0. The lowest BCUT2D eigenvalue weighted by Gasteiger charge is -2.19. The molecule has 0 bridgehead atoms. The summed E-state index contributed by atoms with van der Waals surface area (Å²) in [4.78, 5) is 21.8. The number of rotatable bonds is 7. The number of anilines is 1. The molecule has 0 unspecified atom stereocenters.